The van der Waals surface area contributed by atoms with Gasteiger partial charge in [-0.05, 0) is 73.4 Å². The van der Waals surface area contributed by atoms with E-state index in [2.05, 4.69) is 29.2 Å². The molecule has 0 N–H and O–H groups in total. The third-order valence-corrected chi connectivity index (χ3v) is 7.67. The number of benzene rings is 5. The second kappa shape index (κ2) is 15.3. The molecule has 0 spiro atoms. The van der Waals surface area contributed by atoms with Crippen molar-refractivity contribution < 1.29 is 28.6 Å². The summed E-state index contributed by atoms with van der Waals surface area (Å²) in [6, 6.07) is 35.1. The highest BCUT2D eigenvalue weighted by molar-refractivity contribution is 6.17. The van der Waals surface area contributed by atoms with Crippen LogP contribution in [-0.2, 0) is 32.0 Å². The molecule has 8 nitrogen and oxygen atoms in total. The zero-order valence-electron chi connectivity index (χ0n) is 27.7. The van der Waals surface area contributed by atoms with Crippen LogP contribution in [-0.4, -0.2) is 44.0 Å². The van der Waals surface area contributed by atoms with Crippen LogP contribution in [0.3, 0.4) is 0 Å². The second-order valence-corrected chi connectivity index (χ2v) is 12.3. The van der Waals surface area contributed by atoms with Crippen molar-refractivity contribution in [2.75, 3.05) is 30.0 Å². The molecular formula is C40H40N2O6. The van der Waals surface area contributed by atoms with Crippen molar-refractivity contribution >= 4 is 51.1 Å². The first kappa shape index (κ1) is 33.7. The number of amides is 2. The Bertz CT molecular complexity index is 1920. The van der Waals surface area contributed by atoms with Gasteiger partial charge in [0.2, 0.25) is 0 Å². The number of fused-ring (bicyclic) bond motifs is 2. The molecular weight excluding hydrogens is 604 g/mol. The molecule has 5 aromatic carbocycles. The molecule has 0 saturated carbocycles. The van der Waals surface area contributed by atoms with Crippen LogP contribution in [0.25, 0.3) is 21.5 Å². The van der Waals surface area contributed by atoms with E-state index in [1.54, 1.807) is 39.0 Å². The van der Waals surface area contributed by atoms with E-state index < -0.39 is 23.8 Å². The lowest BCUT2D eigenvalue weighted by Crippen LogP contribution is -2.41. The molecule has 0 heterocycles. The number of hydrogen-bond acceptors (Lipinski definition) is 7. The molecule has 0 fully saturated rings. The number of carbonyl (C=O) groups is 3. The highest BCUT2D eigenvalue weighted by Gasteiger charge is 2.31. The van der Waals surface area contributed by atoms with E-state index in [-0.39, 0.29) is 6.61 Å². The number of carbonyl (C=O) groups excluding carboxylic acids is 3. The number of anilines is 2. The van der Waals surface area contributed by atoms with Gasteiger partial charge in [-0.3, -0.25) is 0 Å². The van der Waals surface area contributed by atoms with Gasteiger partial charge in [0.05, 0.1) is 12.8 Å². The molecule has 0 aliphatic rings. The minimum atomic E-state index is -0.841. The fraction of sp³-hybridized carbons (Fsp3) is 0.225. The van der Waals surface area contributed by atoms with Gasteiger partial charge >= 0.3 is 18.2 Å². The van der Waals surface area contributed by atoms with Crippen LogP contribution in [0.15, 0.2) is 121 Å². The lowest BCUT2D eigenvalue weighted by molar-refractivity contribution is -0.134. The summed E-state index contributed by atoms with van der Waals surface area (Å²) in [7, 11) is 1.36. The van der Waals surface area contributed by atoms with Gasteiger partial charge in [0.15, 0.2) is 0 Å². The molecule has 8 heteroatoms. The van der Waals surface area contributed by atoms with E-state index in [4.69, 9.17) is 14.2 Å². The quantitative estimate of drug-likeness (QED) is 0.0650. The summed E-state index contributed by atoms with van der Waals surface area (Å²) in [4.78, 5) is 42.2. The number of esters is 1. The van der Waals surface area contributed by atoms with Crippen LogP contribution in [0.2, 0.25) is 0 Å². The molecule has 0 aromatic heterocycles. The van der Waals surface area contributed by atoms with Crippen LogP contribution in [0.5, 0.6) is 0 Å². The predicted octanol–water partition coefficient (Wildman–Crippen LogP) is 8.85. The van der Waals surface area contributed by atoms with Crippen LogP contribution < -0.4 is 9.80 Å². The van der Waals surface area contributed by atoms with E-state index in [1.165, 1.54) is 18.7 Å². The number of rotatable bonds is 10. The number of ether oxygens (including phenoxy) is 3. The van der Waals surface area contributed by atoms with Gasteiger partial charge in [0.25, 0.3) is 0 Å². The van der Waals surface area contributed by atoms with Crippen molar-refractivity contribution in [2.24, 2.45) is 0 Å². The Morgan fingerprint density at radius 2 is 1.29 bits per heavy atom. The summed E-state index contributed by atoms with van der Waals surface area (Å²) in [5.41, 5.74) is 2.50. The molecule has 0 aliphatic carbocycles. The summed E-state index contributed by atoms with van der Waals surface area (Å²) in [5, 5.41) is 3.41. The standard InChI is InChI=1S/C40H40N2O6/c1-40(2,3)48-39(45)42(38(44)47-28-30-16-9-6-10-17-30)36-21-12-19-32-26-33-31(27-34(32)36)18-11-20-35(33)41(24-13-22-37(43)46-4)25-23-29-14-7-5-8-15-29/h5-22,26-27H,23-25,28H2,1-4H3. The first-order valence-corrected chi connectivity index (χ1v) is 15.9. The molecule has 48 heavy (non-hydrogen) atoms. The van der Waals surface area contributed by atoms with Crippen molar-refractivity contribution in [1.29, 1.82) is 0 Å². The maximum absolute atomic E-state index is 13.6. The average molecular weight is 645 g/mol. The summed E-state index contributed by atoms with van der Waals surface area (Å²) >= 11 is 0. The van der Waals surface area contributed by atoms with Crippen LogP contribution in [0.1, 0.15) is 31.9 Å². The van der Waals surface area contributed by atoms with Crippen molar-refractivity contribution in [3.8, 4) is 0 Å². The largest absolute Gasteiger partial charge is 0.466 e. The third kappa shape index (κ3) is 8.59. The van der Waals surface area contributed by atoms with Gasteiger partial charge in [-0.15, -0.1) is 0 Å². The van der Waals surface area contributed by atoms with E-state index in [9.17, 15) is 14.4 Å². The zero-order chi connectivity index (χ0) is 34.1. The molecule has 2 amide bonds. The normalized spacial score (nSPS) is 11.4. The van der Waals surface area contributed by atoms with Gasteiger partial charge in [-0.2, -0.15) is 4.90 Å². The van der Waals surface area contributed by atoms with Gasteiger partial charge in [-0.1, -0.05) is 91.0 Å². The van der Waals surface area contributed by atoms with Gasteiger partial charge in [0.1, 0.15) is 12.2 Å². The zero-order valence-corrected chi connectivity index (χ0v) is 27.7. The molecule has 0 bridgehead atoms. The lowest BCUT2D eigenvalue weighted by atomic mass is 10.00. The van der Waals surface area contributed by atoms with Gasteiger partial charge in [-0.25, -0.2) is 14.4 Å². The van der Waals surface area contributed by atoms with Crippen molar-refractivity contribution in [1.82, 2.24) is 0 Å². The summed E-state index contributed by atoms with van der Waals surface area (Å²) in [6.45, 7) is 6.44. The topological polar surface area (TPSA) is 85.4 Å². The number of imide groups is 1. The molecule has 5 aromatic rings. The fourth-order valence-electron chi connectivity index (χ4n) is 5.41. The molecule has 0 atom stereocenters. The van der Waals surface area contributed by atoms with Crippen LogP contribution >= 0.6 is 0 Å². The Hall–Kier alpha value is -5.63. The molecule has 246 valence electrons. The Labute approximate surface area is 281 Å². The van der Waals surface area contributed by atoms with E-state index in [0.717, 1.165) is 38.7 Å². The molecule has 5 rings (SSSR count). The van der Waals surface area contributed by atoms with E-state index in [0.29, 0.717) is 24.2 Å². The number of hydrogen-bond donors (Lipinski definition) is 0. The molecule has 0 radical (unpaired) electrons. The SMILES string of the molecule is COC(=O)C=CCN(CCc1ccccc1)c1cccc2cc3c(N(C(=O)OCc4ccccc4)C(=O)OC(C)(C)C)cccc3cc12. The third-order valence-electron chi connectivity index (χ3n) is 7.67. The maximum Gasteiger partial charge on any atom is 0.424 e. The summed E-state index contributed by atoms with van der Waals surface area (Å²) < 4.78 is 16.1. The van der Waals surface area contributed by atoms with E-state index in [1.807, 2.05) is 72.8 Å². The molecule has 0 unspecified atom stereocenters. The van der Waals surface area contributed by atoms with Crippen molar-refractivity contribution in [3.05, 3.63) is 132 Å². The Balaban J connectivity index is 1.55. The molecule has 0 saturated heterocycles. The Kier molecular flexibility index (Phi) is 10.8. The Morgan fingerprint density at radius 3 is 1.90 bits per heavy atom. The van der Waals surface area contributed by atoms with E-state index >= 15 is 0 Å². The van der Waals surface area contributed by atoms with Gasteiger partial charge < -0.3 is 19.1 Å². The van der Waals surface area contributed by atoms with Crippen molar-refractivity contribution in [2.45, 2.75) is 39.4 Å². The predicted molar refractivity (Wildman–Crippen MR) is 190 cm³/mol. The van der Waals surface area contributed by atoms with Gasteiger partial charge in [0, 0.05) is 35.6 Å². The Morgan fingerprint density at radius 1 is 0.708 bits per heavy atom. The lowest BCUT2D eigenvalue weighted by Gasteiger charge is -2.27. The highest BCUT2D eigenvalue weighted by Crippen LogP contribution is 2.36. The summed E-state index contributed by atoms with van der Waals surface area (Å²) in [5.74, 6) is -0.411. The smallest absolute Gasteiger partial charge is 0.424 e. The maximum atomic E-state index is 13.6. The minimum absolute atomic E-state index is 0.000726. The van der Waals surface area contributed by atoms with Crippen LogP contribution in [0.4, 0.5) is 21.0 Å². The highest BCUT2D eigenvalue weighted by atomic mass is 16.6. The monoisotopic (exact) mass is 644 g/mol. The average Bonchev–Trinajstić information content (AvgIpc) is 3.08. The number of methoxy groups -OCH3 is 1. The second-order valence-electron chi connectivity index (χ2n) is 12.3. The fourth-order valence-corrected chi connectivity index (χ4v) is 5.41. The van der Waals surface area contributed by atoms with Crippen molar-refractivity contribution in [3.63, 3.8) is 0 Å². The first-order valence-electron chi connectivity index (χ1n) is 15.9. The van der Waals surface area contributed by atoms with Crippen LogP contribution in [0, 0.1) is 0 Å². The first-order chi connectivity index (χ1) is 23.1. The number of nitrogens with zero attached hydrogens (tertiary/aromatic N) is 2. The summed E-state index contributed by atoms with van der Waals surface area (Å²) in [6.07, 6.45) is 2.38. The minimum Gasteiger partial charge on any atom is -0.466 e. The molecule has 0 aliphatic heterocycles.